The van der Waals surface area contributed by atoms with E-state index in [9.17, 15) is 4.79 Å². The van der Waals surface area contributed by atoms with E-state index >= 15 is 0 Å². The van der Waals surface area contributed by atoms with Gasteiger partial charge in [-0.3, -0.25) is 4.79 Å². The number of nitrogens with zero attached hydrogens (tertiary/aromatic N) is 1. The topological polar surface area (TPSA) is 32.3 Å². The standard InChI is InChI=1S/C19H34N2O.ClH/c1-14-8-15(11-19(2,3)10-14)9-18(22)21-6-4-16-12-20-13-17(16)5-7-21;/h14-17,20H,4-13H2,1-3H3;1H/t14?,15?,16-,17+;. The van der Waals surface area contributed by atoms with Crippen LogP contribution < -0.4 is 5.32 Å². The molecule has 23 heavy (non-hydrogen) atoms. The minimum atomic E-state index is 0. The van der Waals surface area contributed by atoms with Crippen molar-refractivity contribution < 1.29 is 4.79 Å². The minimum Gasteiger partial charge on any atom is -0.343 e. The molecule has 3 fully saturated rings. The number of nitrogens with one attached hydrogen (secondary N) is 1. The van der Waals surface area contributed by atoms with Gasteiger partial charge in [0.15, 0.2) is 0 Å². The molecule has 0 bridgehead atoms. The highest BCUT2D eigenvalue weighted by atomic mass is 35.5. The molecule has 4 heteroatoms. The highest BCUT2D eigenvalue weighted by Crippen LogP contribution is 2.43. The quantitative estimate of drug-likeness (QED) is 0.829. The van der Waals surface area contributed by atoms with Crippen molar-refractivity contribution in [2.75, 3.05) is 26.2 Å². The third kappa shape index (κ3) is 4.85. The predicted molar refractivity (Wildman–Crippen MR) is 97.8 cm³/mol. The molecule has 1 aliphatic carbocycles. The van der Waals surface area contributed by atoms with Gasteiger partial charge in [0.1, 0.15) is 0 Å². The van der Waals surface area contributed by atoms with Crippen LogP contribution in [0.3, 0.4) is 0 Å². The molecule has 1 saturated carbocycles. The first kappa shape index (κ1) is 19.1. The fourth-order valence-electron chi connectivity index (χ4n) is 5.54. The summed E-state index contributed by atoms with van der Waals surface area (Å²) in [5, 5.41) is 3.51. The third-order valence-corrected chi connectivity index (χ3v) is 6.31. The normalized spacial score (nSPS) is 36.7. The van der Waals surface area contributed by atoms with Gasteiger partial charge in [0.05, 0.1) is 0 Å². The van der Waals surface area contributed by atoms with Crippen LogP contribution in [-0.2, 0) is 4.79 Å². The molecule has 0 aromatic heterocycles. The van der Waals surface area contributed by atoms with Crippen molar-refractivity contribution in [2.45, 2.75) is 59.3 Å². The zero-order valence-electron chi connectivity index (χ0n) is 15.1. The molecule has 0 spiro atoms. The molecule has 4 atom stereocenters. The summed E-state index contributed by atoms with van der Waals surface area (Å²) >= 11 is 0. The van der Waals surface area contributed by atoms with Gasteiger partial charge in [-0.25, -0.2) is 0 Å². The molecule has 1 amide bonds. The Balaban J connectivity index is 0.00000192. The van der Waals surface area contributed by atoms with Crippen molar-refractivity contribution in [1.29, 1.82) is 0 Å². The second-order valence-corrected chi connectivity index (χ2v) is 9.12. The maximum absolute atomic E-state index is 12.8. The SMILES string of the molecule is CC1CC(CC(=O)N2CC[C@@H]3CNC[C@@H]3CC2)CC(C)(C)C1.Cl. The first-order valence-electron chi connectivity index (χ1n) is 9.41. The van der Waals surface area contributed by atoms with Gasteiger partial charge in [0, 0.05) is 19.5 Å². The lowest BCUT2D eigenvalue weighted by molar-refractivity contribution is -0.132. The first-order valence-corrected chi connectivity index (χ1v) is 9.41. The molecule has 2 aliphatic heterocycles. The predicted octanol–water partition coefficient (Wildman–Crippen LogP) is 3.72. The summed E-state index contributed by atoms with van der Waals surface area (Å²) < 4.78 is 0. The minimum absolute atomic E-state index is 0. The number of likely N-dealkylation sites (tertiary alicyclic amines) is 1. The van der Waals surface area contributed by atoms with Crippen molar-refractivity contribution in [3.63, 3.8) is 0 Å². The van der Waals surface area contributed by atoms with E-state index in [2.05, 4.69) is 31.0 Å². The molecule has 3 aliphatic rings. The molecule has 134 valence electrons. The van der Waals surface area contributed by atoms with Crippen LogP contribution in [0.2, 0.25) is 0 Å². The number of rotatable bonds is 2. The Hall–Kier alpha value is -0.280. The van der Waals surface area contributed by atoms with Gasteiger partial charge in [-0.2, -0.15) is 0 Å². The van der Waals surface area contributed by atoms with E-state index in [0.717, 1.165) is 37.3 Å². The molecule has 2 unspecified atom stereocenters. The fraction of sp³-hybridized carbons (Fsp3) is 0.947. The average molecular weight is 343 g/mol. The van der Waals surface area contributed by atoms with Crippen molar-refractivity contribution >= 4 is 18.3 Å². The number of halogens is 1. The van der Waals surface area contributed by atoms with E-state index in [4.69, 9.17) is 0 Å². The van der Waals surface area contributed by atoms with E-state index < -0.39 is 0 Å². The van der Waals surface area contributed by atoms with Crippen LogP contribution in [0, 0.1) is 29.1 Å². The largest absolute Gasteiger partial charge is 0.343 e. The summed E-state index contributed by atoms with van der Waals surface area (Å²) in [7, 11) is 0. The first-order chi connectivity index (χ1) is 10.4. The molecular formula is C19H35ClN2O. The molecule has 2 saturated heterocycles. The lowest BCUT2D eigenvalue weighted by Gasteiger charge is -2.39. The van der Waals surface area contributed by atoms with E-state index in [-0.39, 0.29) is 12.4 Å². The average Bonchev–Trinajstić information content (AvgIpc) is 2.75. The number of hydrogen-bond donors (Lipinski definition) is 1. The number of amides is 1. The molecule has 2 heterocycles. The summed E-state index contributed by atoms with van der Waals surface area (Å²) in [6.07, 6.45) is 7.00. The Kier molecular flexibility index (Phi) is 6.41. The number of carbonyl (C=O) groups is 1. The summed E-state index contributed by atoms with van der Waals surface area (Å²) in [5.74, 6) is 3.44. The van der Waals surface area contributed by atoms with Gasteiger partial charge in [0.25, 0.3) is 0 Å². The number of fused-ring (bicyclic) bond motifs is 1. The number of hydrogen-bond acceptors (Lipinski definition) is 2. The Morgan fingerprint density at radius 3 is 2.30 bits per heavy atom. The zero-order chi connectivity index (χ0) is 15.7. The Labute approximate surface area is 148 Å². The lowest BCUT2D eigenvalue weighted by Crippen LogP contribution is -2.36. The van der Waals surface area contributed by atoms with Crippen molar-refractivity contribution in [1.82, 2.24) is 10.2 Å². The lowest BCUT2D eigenvalue weighted by atomic mass is 9.67. The fourth-order valence-corrected chi connectivity index (χ4v) is 5.54. The molecule has 0 aromatic carbocycles. The van der Waals surface area contributed by atoms with Gasteiger partial charge in [-0.05, 0) is 74.3 Å². The highest BCUT2D eigenvalue weighted by molar-refractivity contribution is 5.85. The van der Waals surface area contributed by atoms with E-state index in [1.807, 2.05) is 0 Å². The van der Waals surface area contributed by atoms with Crippen LogP contribution in [0.1, 0.15) is 59.3 Å². The summed E-state index contributed by atoms with van der Waals surface area (Å²) in [4.78, 5) is 15.0. The van der Waals surface area contributed by atoms with Crippen molar-refractivity contribution in [2.24, 2.45) is 29.1 Å². The van der Waals surface area contributed by atoms with Crippen LogP contribution in [0.4, 0.5) is 0 Å². The zero-order valence-corrected chi connectivity index (χ0v) is 16.0. The molecule has 1 N–H and O–H groups in total. The van der Waals surface area contributed by atoms with Gasteiger partial charge in [-0.1, -0.05) is 20.8 Å². The third-order valence-electron chi connectivity index (χ3n) is 6.31. The second kappa shape index (κ2) is 7.74. The van der Waals surface area contributed by atoms with E-state index in [1.165, 1.54) is 45.2 Å². The molecular weight excluding hydrogens is 308 g/mol. The monoisotopic (exact) mass is 342 g/mol. The molecule has 3 rings (SSSR count). The Morgan fingerprint density at radius 1 is 1.13 bits per heavy atom. The second-order valence-electron chi connectivity index (χ2n) is 9.12. The summed E-state index contributed by atoms with van der Waals surface area (Å²) in [5.41, 5.74) is 0.421. The van der Waals surface area contributed by atoms with Crippen LogP contribution in [-0.4, -0.2) is 37.0 Å². The molecule has 3 nitrogen and oxygen atoms in total. The van der Waals surface area contributed by atoms with Gasteiger partial charge in [0.2, 0.25) is 5.91 Å². The molecule has 0 radical (unpaired) electrons. The van der Waals surface area contributed by atoms with Gasteiger partial charge >= 0.3 is 0 Å². The van der Waals surface area contributed by atoms with Crippen LogP contribution in [0.15, 0.2) is 0 Å². The van der Waals surface area contributed by atoms with Crippen LogP contribution in [0.5, 0.6) is 0 Å². The van der Waals surface area contributed by atoms with Crippen molar-refractivity contribution in [3.8, 4) is 0 Å². The maximum atomic E-state index is 12.8. The van der Waals surface area contributed by atoms with E-state index in [0.29, 0.717) is 17.2 Å². The van der Waals surface area contributed by atoms with Gasteiger partial charge in [-0.15, -0.1) is 12.4 Å². The van der Waals surface area contributed by atoms with Crippen LogP contribution >= 0.6 is 12.4 Å². The summed E-state index contributed by atoms with van der Waals surface area (Å²) in [6, 6.07) is 0. The van der Waals surface area contributed by atoms with Crippen LogP contribution in [0.25, 0.3) is 0 Å². The maximum Gasteiger partial charge on any atom is 0.222 e. The summed E-state index contributed by atoms with van der Waals surface area (Å²) in [6.45, 7) is 11.4. The smallest absolute Gasteiger partial charge is 0.222 e. The Morgan fingerprint density at radius 2 is 1.74 bits per heavy atom. The van der Waals surface area contributed by atoms with E-state index in [1.54, 1.807) is 0 Å². The Bertz CT molecular complexity index is 398. The van der Waals surface area contributed by atoms with Gasteiger partial charge < -0.3 is 10.2 Å². The van der Waals surface area contributed by atoms with Crippen molar-refractivity contribution in [3.05, 3.63) is 0 Å². The molecule has 0 aromatic rings. The highest BCUT2D eigenvalue weighted by Gasteiger charge is 2.35. The number of carbonyl (C=O) groups excluding carboxylic acids is 1.